The lowest BCUT2D eigenvalue weighted by Gasteiger charge is -2.01. The van der Waals surface area contributed by atoms with Crippen LogP contribution in [0.15, 0.2) is 0 Å². The van der Waals surface area contributed by atoms with Gasteiger partial charge in [0.2, 0.25) is 11.4 Å². The summed E-state index contributed by atoms with van der Waals surface area (Å²) >= 11 is 9.95. The van der Waals surface area contributed by atoms with Gasteiger partial charge < -0.3 is 9.47 Å². The molecule has 0 aromatic heterocycles. The molecule has 0 aliphatic heterocycles. The highest BCUT2D eigenvalue weighted by Gasteiger charge is 2.05. The summed E-state index contributed by atoms with van der Waals surface area (Å²) in [6.45, 7) is 0.434. The second kappa shape index (κ2) is 26.5. The van der Waals surface area contributed by atoms with Gasteiger partial charge in [-0.15, -0.1) is 0 Å². The molecule has 0 amide bonds. The number of hydrogen-bond acceptors (Lipinski definition) is 3. The Kier molecular flexibility index (Phi) is 41.0. The Hall–Kier alpha value is 0.620. The molecular weight excluding hydrogens is 412 g/mol. The first-order valence-electron chi connectivity index (χ1n) is 4.99. The molecule has 0 N–H and O–H groups in total. The summed E-state index contributed by atoms with van der Waals surface area (Å²) in [5, 5.41) is -1.06. The summed E-state index contributed by atoms with van der Waals surface area (Å²) in [6, 6.07) is 0. The third-order valence-corrected chi connectivity index (χ3v) is 1.11. The minimum absolute atomic E-state index is 0. The second-order valence-electron chi connectivity index (χ2n) is 2.66. The van der Waals surface area contributed by atoms with Crippen molar-refractivity contribution in [3.63, 3.8) is 0 Å². The SMILES string of the molecule is CC(F)OC(Cl)Cl.CC(F)OC(F)F.COC(C)F.ClCl.F. The van der Waals surface area contributed by atoms with E-state index >= 15 is 0 Å². The molecule has 0 bridgehead atoms. The molecule has 0 aliphatic carbocycles. The van der Waals surface area contributed by atoms with E-state index in [4.69, 9.17) is 23.2 Å². The quantitative estimate of drug-likeness (QED) is 0.390. The lowest BCUT2D eigenvalue weighted by molar-refractivity contribution is -0.193. The van der Waals surface area contributed by atoms with Crippen LogP contribution in [0, 0.1) is 0 Å². The van der Waals surface area contributed by atoms with Crippen LogP contribution >= 0.6 is 44.9 Å². The molecule has 0 aliphatic rings. The van der Waals surface area contributed by atoms with Gasteiger partial charge in [-0.3, -0.25) is 9.44 Å². The molecule has 0 saturated heterocycles. The second-order valence-corrected chi connectivity index (χ2v) is 3.67. The van der Waals surface area contributed by atoms with Crippen molar-refractivity contribution in [2.45, 2.75) is 51.5 Å². The first kappa shape index (κ1) is 34.1. The minimum Gasteiger partial charge on any atom is -0.352 e. The first-order chi connectivity index (χ1) is 9.52. The van der Waals surface area contributed by atoms with Crippen LogP contribution < -0.4 is 0 Å². The maximum atomic E-state index is 11.6. The molecule has 3 nitrogen and oxygen atoms in total. The van der Waals surface area contributed by atoms with E-state index in [0.29, 0.717) is 0 Å². The van der Waals surface area contributed by atoms with Crippen molar-refractivity contribution >= 4 is 44.9 Å². The standard InChI is InChI=1S/C3H5Cl2FO.C3H5F3O.C3H7FO.Cl2.FH/c1-2(6)7-3(4)5;1-2(4)7-3(5)6;1-3(4)5-2;1-2;/h2*2-3H,1H3;3H,1-2H3;;1H. The number of hydrogen-bond donors (Lipinski definition) is 0. The fourth-order valence-corrected chi connectivity index (χ4v) is 0.567. The Labute approximate surface area is 144 Å². The molecule has 0 aromatic rings. The molecular formula is C9H18Cl4F6O3. The lowest BCUT2D eigenvalue weighted by Crippen LogP contribution is -2.05. The van der Waals surface area contributed by atoms with Crippen LogP contribution in [-0.4, -0.2) is 37.8 Å². The summed E-state index contributed by atoms with van der Waals surface area (Å²) in [5.74, 6) is 0. The van der Waals surface area contributed by atoms with Crippen LogP contribution in [0.3, 0.4) is 0 Å². The molecule has 0 heterocycles. The topological polar surface area (TPSA) is 27.7 Å². The van der Waals surface area contributed by atoms with Crippen molar-refractivity contribution < 1.29 is 40.9 Å². The molecule has 0 fully saturated rings. The smallest absolute Gasteiger partial charge is 0.347 e. The van der Waals surface area contributed by atoms with Gasteiger partial charge in [0.05, 0.1) is 0 Å². The Morgan fingerprint density at radius 1 is 0.727 bits per heavy atom. The van der Waals surface area contributed by atoms with Crippen molar-refractivity contribution in [1.82, 2.24) is 0 Å². The maximum absolute atomic E-state index is 11.6. The third-order valence-electron chi connectivity index (χ3n) is 0.906. The van der Waals surface area contributed by atoms with Crippen molar-refractivity contribution in [3.05, 3.63) is 0 Å². The summed E-state index contributed by atoms with van der Waals surface area (Å²) in [7, 11) is 9.55. The van der Waals surface area contributed by atoms with Gasteiger partial charge in [-0.1, -0.05) is 23.2 Å². The van der Waals surface area contributed by atoms with E-state index in [-0.39, 0.29) is 4.70 Å². The number of halogens is 10. The molecule has 0 saturated carbocycles. The van der Waals surface area contributed by atoms with Crippen LogP contribution in [0.25, 0.3) is 0 Å². The van der Waals surface area contributed by atoms with Crippen molar-refractivity contribution in [3.8, 4) is 0 Å². The van der Waals surface area contributed by atoms with Crippen LogP contribution in [0.5, 0.6) is 0 Å². The van der Waals surface area contributed by atoms with E-state index in [1.54, 1.807) is 0 Å². The zero-order valence-corrected chi connectivity index (χ0v) is 14.9. The van der Waals surface area contributed by atoms with Gasteiger partial charge in [0.15, 0.2) is 12.7 Å². The number of alkyl halides is 7. The van der Waals surface area contributed by atoms with Crippen molar-refractivity contribution in [2.24, 2.45) is 0 Å². The van der Waals surface area contributed by atoms with Crippen LogP contribution in [-0.2, 0) is 14.2 Å². The van der Waals surface area contributed by atoms with E-state index in [9.17, 15) is 22.0 Å². The summed E-state index contributed by atoms with van der Waals surface area (Å²) < 4.78 is 67.1. The Morgan fingerprint density at radius 3 is 1.00 bits per heavy atom. The molecule has 22 heavy (non-hydrogen) atoms. The van der Waals surface area contributed by atoms with Crippen LogP contribution in [0.2, 0.25) is 0 Å². The van der Waals surface area contributed by atoms with E-state index in [1.165, 1.54) is 21.0 Å². The maximum Gasteiger partial charge on any atom is 0.347 e. The zero-order valence-electron chi connectivity index (χ0n) is 11.9. The average molecular weight is 430 g/mol. The molecule has 0 aromatic carbocycles. The highest BCUT2D eigenvalue weighted by atomic mass is 36.5. The fraction of sp³-hybridized carbons (Fsp3) is 1.00. The third kappa shape index (κ3) is 70.4. The monoisotopic (exact) mass is 428 g/mol. The number of ether oxygens (including phenoxy) is 3. The first-order valence-corrected chi connectivity index (χ1v) is 7.00. The van der Waals surface area contributed by atoms with Gasteiger partial charge in [-0.2, -0.15) is 8.78 Å². The van der Waals surface area contributed by atoms with E-state index in [2.05, 4.69) is 35.9 Å². The Morgan fingerprint density at radius 2 is 1.00 bits per heavy atom. The highest BCUT2D eigenvalue weighted by Crippen LogP contribution is 2.06. The van der Waals surface area contributed by atoms with Gasteiger partial charge in [0.25, 0.3) is 0 Å². The molecule has 3 unspecified atom stereocenters. The summed E-state index contributed by atoms with van der Waals surface area (Å²) in [4.78, 5) is 0. The van der Waals surface area contributed by atoms with Crippen molar-refractivity contribution in [1.29, 1.82) is 0 Å². The normalized spacial score (nSPS) is 13.2. The zero-order chi connectivity index (χ0) is 18.0. The Bertz CT molecular complexity index is 155. The van der Waals surface area contributed by atoms with E-state index in [0.717, 1.165) is 6.92 Å². The lowest BCUT2D eigenvalue weighted by atomic mass is 10.8. The average Bonchev–Trinajstić information content (AvgIpc) is 2.29. The molecule has 0 rings (SSSR count). The van der Waals surface area contributed by atoms with E-state index < -0.39 is 30.7 Å². The number of rotatable bonds is 5. The number of methoxy groups -OCH3 is 1. The van der Waals surface area contributed by atoms with Crippen LogP contribution in [0.4, 0.5) is 26.7 Å². The minimum atomic E-state index is -3.00. The Balaban J connectivity index is -0.0000000615. The molecule has 3 atom stereocenters. The largest absolute Gasteiger partial charge is 0.352 e. The molecule has 0 spiro atoms. The van der Waals surface area contributed by atoms with Gasteiger partial charge in [-0.05, 0) is 20.8 Å². The van der Waals surface area contributed by atoms with Gasteiger partial charge in [-0.25, -0.2) is 13.2 Å². The van der Waals surface area contributed by atoms with Gasteiger partial charge >= 0.3 is 6.61 Å². The highest BCUT2D eigenvalue weighted by molar-refractivity contribution is 6.85. The summed E-state index contributed by atoms with van der Waals surface area (Å²) in [5.41, 5.74) is 0. The van der Waals surface area contributed by atoms with Crippen molar-refractivity contribution in [2.75, 3.05) is 7.11 Å². The summed E-state index contributed by atoms with van der Waals surface area (Å²) in [6.07, 6.45) is -4.38. The predicted molar refractivity (Wildman–Crippen MR) is 76.6 cm³/mol. The van der Waals surface area contributed by atoms with Gasteiger partial charge in [0, 0.05) is 28.8 Å². The molecule has 0 radical (unpaired) electrons. The predicted octanol–water partition coefficient (Wildman–Crippen LogP) is 6.10. The fourth-order valence-electron chi connectivity index (χ4n) is 0.283. The van der Waals surface area contributed by atoms with Crippen LogP contribution in [0.1, 0.15) is 20.8 Å². The molecule has 142 valence electrons. The molecule has 13 heteroatoms. The van der Waals surface area contributed by atoms with Gasteiger partial charge in [0.1, 0.15) is 0 Å². The van der Waals surface area contributed by atoms with E-state index in [1.807, 2.05) is 0 Å².